The summed E-state index contributed by atoms with van der Waals surface area (Å²) in [5.41, 5.74) is 1.02. The third-order valence-electron chi connectivity index (χ3n) is 3.16. The molecular formula is C15H23N5. The smallest absolute Gasteiger partial charge is 0.131 e. The zero-order valence-electron chi connectivity index (χ0n) is 12.6. The van der Waals surface area contributed by atoms with Gasteiger partial charge in [0.1, 0.15) is 17.5 Å². The van der Waals surface area contributed by atoms with Gasteiger partial charge in [0.15, 0.2) is 0 Å². The Morgan fingerprint density at radius 3 is 2.75 bits per heavy atom. The maximum Gasteiger partial charge on any atom is 0.131 e. The highest BCUT2D eigenvalue weighted by Gasteiger charge is 2.08. The third kappa shape index (κ3) is 3.56. The molecule has 1 N–H and O–H groups in total. The largest absolute Gasteiger partial charge is 0.373 e. The van der Waals surface area contributed by atoms with Gasteiger partial charge in [0, 0.05) is 44.9 Å². The second kappa shape index (κ2) is 7.03. The molecule has 108 valence electrons. The van der Waals surface area contributed by atoms with Crippen LogP contribution in [0.1, 0.15) is 44.0 Å². The van der Waals surface area contributed by atoms with Crippen LogP contribution in [0.25, 0.3) is 0 Å². The van der Waals surface area contributed by atoms with Crippen molar-refractivity contribution in [3.05, 3.63) is 35.8 Å². The van der Waals surface area contributed by atoms with Crippen LogP contribution < -0.4 is 5.32 Å². The molecular weight excluding hydrogens is 250 g/mol. The Hall–Kier alpha value is -1.91. The van der Waals surface area contributed by atoms with E-state index in [0.717, 1.165) is 55.4 Å². The number of imidazole rings is 1. The van der Waals surface area contributed by atoms with Crippen LogP contribution in [0.5, 0.6) is 0 Å². The Morgan fingerprint density at radius 2 is 2.05 bits per heavy atom. The number of aryl methyl sites for hydroxylation is 2. The van der Waals surface area contributed by atoms with E-state index in [0.29, 0.717) is 0 Å². The summed E-state index contributed by atoms with van der Waals surface area (Å²) in [6.45, 7) is 5.32. The first kappa shape index (κ1) is 14.5. The highest BCUT2D eigenvalue weighted by molar-refractivity contribution is 5.36. The molecule has 0 aliphatic heterocycles. The topological polar surface area (TPSA) is 55.6 Å². The van der Waals surface area contributed by atoms with Crippen molar-refractivity contribution in [2.75, 3.05) is 12.4 Å². The van der Waals surface area contributed by atoms with E-state index < -0.39 is 0 Å². The summed E-state index contributed by atoms with van der Waals surface area (Å²) < 4.78 is 2.20. The maximum absolute atomic E-state index is 4.64. The van der Waals surface area contributed by atoms with Gasteiger partial charge in [0.05, 0.1) is 5.69 Å². The Labute approximate surface area is 120 Å². The van der Waals surface area contributed by atoms with Gasteiger partial charge in [0.25, 0.3) is 0 Å². The summed E-state index contributed by atoms with van der Waals surface area (Å²) >= 11 is 0. The molecule has 2 rings (SSSR count). The average molecular weight is 273 g/mol. The zero-order valence-corrected chi connectivity index (χ0v) is 12.6. The fourth-order valence-corrected chi connectivity index (χ4v) is 2.22. The third-order valence-corrected chi connectivity index (χ3v) is 3.16. The molecule has 0 atom stereocenters. The van der Waals surface area contributed by atoms with Crippen LogP contribution in [-0.4, -0.2) is 26.6 Å². The molecule has 0 saturated carbocycles. The minimum atomic E-state index is 0.751. The number of rotatable bonds is 7. The molecule has 0 spiro atoms. The lowest BCUT2D eigenvalue weighted by Crippen LogP contribution is -2.08. The Kier molecular flexibility index (Phi) is 5.09. The van der Waals surface area contributed by atoms with E-state index in [4.69, 9.17) is 0 Å². The van der Waals surface area contributed by atoms with E-state index in [1.807, 2.05) is 25.5 Å². The van der Waals surface area contributed by atoms with E-state index in [1.54, 1.807) is 0 Å². The Morgan fingerprint density at radius 1 is 1.20 bits per heavy atom. The highest BCUT2D eigenvalue weighted by Crippen LogP contribution is 2.12. The predicted molar refractivity (Wildman–Crippen MR) is 80.9 cm³/mol. The molecule has 0 saturated heterocycles. The summed E-state index contributed by atoms with van der Waals surface area (Å²) in [6.07, 6.45) is 7.71. The molecule has 0 aliphatic carbocycles. The van der Waals surface area contributed by atoms with E-state index in [1.165, 1.54) is 0 Å². The van der Waals surface area contributed by atoms with Gasteiger partial charge in [-0.2, -0.15) is 0 Å². The number of hydrogen-bond acceptors (Lipinski definition) is 4. The number of hydrogen-bond donors (Lipinski definition) is 1. The zero-order chi connectivity index (χ0) is 14.4. The quantitative estimate of drug-likeness (QED) is 0.842. The highest BCUT2D eigenvalue weighted by atomic mass is 15.1. The van der Waals surface area contributed by atoms with Crippen molar-refractivity contribution in [1.29, 1.82) is 0 Å². The molecule has 2 aromatic heterocycles. The van der Waals surface area contributed by atoms with Gasteiger partial charge in [0.2, 0.25) is 0 Å². The van der Waals surface area contributed by atoms with Gasteiger partial charge in [-0.15, -0.1) is 0 Å². The maximum atomic E-state index is 4.64. The van der Waals surface area contributed by atoms with Crippen LogP contribution in [0.2, 0.25) is 0 Å². The summed E-state index contributed by atoms with van der Waals surface area (Å²) in [5.74, 6) is 2.85. The Balaban J connectivity index is 2.23. The van der Waals surface area contributed by atoms with Crippen molar-refractivity contribution >= 4 is 5.82 Å². The summed E-state index contributed by atoms with van der Waals surface area (Å²) in [4.78, 5) is 13.6. The minimum Gasteiger partial charge on any atom is -0.373 e. The second-order valence-corrected chi connectivity index (χ2v) is 4.87. The van der Waals surface area contributed by atoms with Crippen molar-refractivity contribution in [3.63, 3.8) is 0 Å². The number of anilines is 1. The molecule has 0 aliphatic rings. The van der Waals surface area contributed by atoms with Gasteiger partial charge < -0.3 is 9.88 Å². The fraction of sp³-hybridized carbons (Fsp3) is 0.533. The van der Waals surface area contributed by atoms with Gasteiger partial charge in [-0.25, -0.2) is 15.0 Å². The van der Waals surface area contributed by atoms with E-state index >= 15 is 0 Å². The molecule has 2 aromatic rings. The van der Waals surface area contributed by atoms with Crippen molar-refractivity contribution in [3.8, 4) is 0 Å². The molecule has 0 aromatic carbocycles. The second-order valence-electron chi connectivity index (χ2n) is 4.87. The summed E-state index contributed by atoms with van der Waals surface area (Å²) in [5, 5.41) is 3.11. The fourth-order valence-electron chi connectivity index (χ4n) is 2.22. The number of aromatic nitrogens is 4. The average Bonchev–Trinajstić information content (AvgIpc) is 2.86. The van der Waals surface area contributed by atoms with Gasteiger partial charge in [-0.3, -0.25) is 0 Å². The minimum absolute atomic E-state index is 0.751. The van der Waals surface area contributed by atoms with Crippen LogP contribution in [0.15, 0.2) is 18.5 Å². The molecule has 0 amide bonds. The molecule has 0 fully saturated rings. The van der Waals surface area contributed by atoms with Gasteiger partial charge >= 0.3 is 0 Å². The predicted octanol–water partition coefficient (Wildman–Crippen LogP) is 2.67. The van der Waals surface area contributed by atoms with E-state index in [-0.39, 0.29) is 0 Å². The lowest BCUT2D eigenvalue weighted by atomic mass is 10.2. The first-order chi connectivity index (χ1) is 9.76. The SMILES string of the molecule is CCCc1nc(Cc2nccn2CCC)cc(NC)n1. The van der Waals surface area contributed by atoms with Crippen molar-refractivity contribution < 1.29 is 0 Å². The van der Waals surface area contributed by atoms with Crippen molar-refractivity contribution in [2.45, 2.75) is 46.1 Å². The lowest BCUT2D eigenvalue weighted by molar-refractivity contribution is 0.643. The molecule has 20 heavy (non-hydrogen) atoms. The van der Waals surface area contributed by atoms with Crippen LogP contribution in [0, 0.1) is 0 Å². The first-order valence-corrected chi connectivity index (χ1v) is 7.31. The first-order valence-electron chi connectivity index (χ1n) is 7.31. The molecule has 5 heteroatoms. The van der Waals surface area contributed by atoms with Crippen LogP contribution in [-0.2, 0) is 19.4 Å². The lowest BCUT2D eigenvalue weighted by Gasteiger charge is -2.09. The van der Waals surface area contributed by atoms with Gasteiger partial charge in [-0.1, -0.05) is 13.8 Å². The Bertz CT molecular complexity index is 547. The molecule has 0 unspecified atom stereocenters. The van der Waals surface area contributed by atoms with Crippen molar-refractivity contribution in [2.24, 2.45) is 0 Å². The molecule has 2 heterocycles. The van der Waals surface area contributed by atoms with E-state index in [9.17, 15) is 0 Å². The van der Waals surface area contributed by atoms with E-state index in [2.05, 4.69) is 38.7 Å². The standard InChI is InChI=1S/C15H23N5/c1-4-6-13-18-12(10-14(16-3)19-13)11-15-17-7-9-20(15)8-5-2/h7,9-10H,4-6,8,11H2,1-3H3,(H,16,18,19). The monoisotopic (exact) mass is 273 g/mol. The van der Waals surface area contributed by atoms with Crippen molar-refractivity contribution in [1.82, 2.24) is 19.5 Å². The van der Waals surface area contributed by atoms with Crippen LogP contribution in [0.3, 0.4) is 0 Å². The van der Waals surface area contributed by atoms with Crippen LogP contribution in [0.4, 0.5) is 5.82 Å². The normalized spacial score (nSPS) is 10.8. The molecule has 0 radical (unpaired) electrons. The van der Waals surface area contributed by atoms with Gasteiger partial charge in [-0.05, 0) is 12.8 Å². The molecule has 0 bridgehead atoms. The molecule has 5 nitrogen and oxygen atoms in total. The summed E-state index contributed by atoms with van der Waals surface area (Å²) in [7, 11) is 1.89. The van der Waals surface area contributed by atoms with Crippen LogP contribution >= 0.6 is 0 Å². The number of nitrogens with one attached hydrogen (secondary N) is 1. The summed E-state index contributed by atoms with van der Waals surface area (Å²) in [6, 6.07) is 2.00. The number of nitrogens with zero attached hydrogens (tertiary/aromatic N) is 4.